The van der Waals surface area contributed by atoms with E-state index in [1.807, 2.05) is 0 Å². The van der Waals surface area contributed by atoms with Gasteiger partial charge in [0.1, 0.15) is 11.9 Å². The molecule has 1 aromatic heterocycles. The van der Waals surface area contributed by atoms with Crippen LogP contribution in [-0.2, 0) is 7.05 Å². The molecular formula is C14H17FN2O2. The molecule has 2 rings (SSSR count). The highest BCUT2D eigenvalue weighted by Gasteiger charge is 2.23. The molecule has 0 amide bonds. The van der Waals surface area contributed by atoms with Gasteiger partial charge < -0.3 is 9.84 Å². The number of hydrogen-bond donors (Lipinski definition) is 1. The molecular weight excluding hydrogens is 247 g/mol. The van der Waals surface area contributed by atoms with Crippen LogP contribution >= 0.6 is 0 Å². The van der Waals surface area contributed by atoms with Crippen molar-refractivity contribution in [2.45, 2.75) is 20.0 Å². The molecule has 0 saturated carbocycles. The van der Waals surface area contributed by atoms with Gasteiger partial charge in [0.15, 0.2) is 0 Å². The van der Waals surface area contributed by atoms with Gasteiger partial charge in [-0.2, -0.15) is 5.10 Å². The van der Waals surface area contributed by atoms with E-state index in [0.717, 1.165) is 0 Å². The molecule has 19 heavy (non-hydrogen) atoms. The van der Waals surface area contributed by atoms with Crippen LogP contribution in [0.25, 0.3) is 0 Å². The lowest BCUT2D eigenvalue weighted by Gasteiger charge is -2.13. The molecule has 1 atom stereocenters. The molecule has 1 heterocycles. The van der Waals surface area contributed by atoms with E-state index in [1.54, 1.807) is 37.7 Å². The SMILES string of the molecule is COc1c(C(O)c2ccc(F)c(C)c2)c(C)nn1C. The Morgan fingerprint density at radius 2 is 2.05 bits per heavy atom. The molecule has 0 bridgehead atoms. The van der Waals surface area contributed by atoms with Crippen molar-refractivity contribution in [3.63, 3.8) is 0 Å². The molecule has 0 aliphatic heterocycles. The lowest BCUT2D eigenvalue weighted by atomic mass is 10.00. The standard InChI is InChI=1S/C14H17FN2O2/c1-8-7-10(5-6-11(8)15)13(18)12-9(2)16-17(3)14(12)19-4/h5-7,13,18H,1-4H3. The Bertz CT molecular complexity index is 608. The zero-order chi connectivity index (χ0) is 14.2. The zero-order valence-electron chi connectivity index (χ0n) is 11.4. The molecule has 1 N–H and O–H groups in total. The molecule has 0 aliphatic rings. The van der Waals surface area contributed by atoms with E-state index in [2.05, 4.69) is 5.10 Å². The summed E-state index contributed by atoms with van der Waals surface area (Å²) in [6.07, 6.45) is -0.886. The smallest absolute Gasteiger partial charge is 0.217 e. The van der Waals surface area contributed by atoms with Crippen LogP contribution in [0.15, 0.2) is 18.2 Å². The van der Waals surface area contributed by atoms with Crippen molar-refractivity contribution < 1.29 is 14.2 Å². The van der Waals surface area contributed by atoms with Crippen molar-refractivity contribution in [3.05, 3.63) is 46.4 Å². The number of methoxy groups -OCH3 is 1. The number of ether oxygens (including phenoxy) is 1. The molecule has 0 radical (unpaired) electrons. The van der Waals surface area contributed by atoms with E-state index in [-0.39, 0.29) is 5.82 Å². The maximum absolute atomic E-state index is 13.3. The van der Waals surface area contributed by atoms with Crippen LogP contribution in [0.2, 0.25) is 0 Å². The molecule has 0 aliphatic carbocycles. The topological polar surface area (TPSA) is 47.3 Å². The van der Waals surface area contributed by atoms with Crippen molar-refractivity contribution in [1.82, 2.24) is 9.78 Å². The van der Waals surface area contributed by atoms with E-state index in [1.165, 1.54) is 13.2 Å². The van der Waals surface area contributed by atoms with Gasteiger partial charge in [0.05, 0.1) is 18.4 Å². The first-order valence-electron chi connectivity index (χ1n) is 5.97. The number of aliphatic hydroxyl groups is 1. The summed E-state index contributed by atoms with van der Waals surface area (Å²) < 4.78 is 20.1. The molecule has 0 spiro atoms. The average molecular weight is 264 g/mol. The van der Waals surface area contributed by atoms with Crippen LogP contribution < -0.4 is 4.74 Å². The number of rotatable bonds is 3. The van der Waals surface area contributed by atoms with Gasteiger partial charge in [-0.1, -0.05) is 12.1 Å². The highest BCUT2D eigenvalue weighted by atomic mass is 19.1. The third-order valence-corrected chi connectivity index (χ3v) is 3.18. The minimum Gasteiger partial charge on any atom is -0.481 e. The quantitative estimate of drug-likeness (QED) is 0.925. The molecule has 2 aromatic rings. The Hall–Kier alpha value is -1.88. The molecule has 4 nitrogen and oxygen atoms in total. The molecule has 0 fully saturated rings. The summed E-state index contributed by atoms with van der Waals surface area (Å²) in [6.45, 7) is 3.47. The number of aryl methyl sites for hydroxylation is 3. The number of hydrogen-bond acceptors (Lipinski definition) is 3. The van der Waals surface area contributed by atoms with Gasteiger partial charge in [-0.25, -0.2) is 9.07 Å². The fourth-order valence-corrected chi connectivity index (χ4v) is 2.21. The predicted octanol–water partition coefficient (Wildman–Crippen LogP) is 2.27. The van der Waals surface area contributed by atoms with Gasteiger partial charge in [0.2, 0.25) is 5.88 Å². The molecule has 102 valence electrons. The summed E-state index contributed by atoms with van der Waals surface area (Å²) >= 11 is 0. The summed E-state index contributed by atoms with van der Waals surface area (Å²) in [5, 5.41) is 14.7. The van der Waals surface area contributed by atoms with Crippen molar-refractivity contribution >= 4 is 0 Å². The Balaban J connectivity index is 2.49. The summed E-state index contributed by atoms with van der Waals surface area (Å²) in [5.74, 6) is 0.220. The van der Waals surface area contributed by atoms with Crippen molar-refractivity contribution in [3.8, 4) is 5.88 Å². The Kier molecular flexibility index (Phi) is 3.57. The van der Waals surface area contributed by atoms with Crippen LogP contribution in [0, 0.1) is 19.7 Å². The number of halogens is 1. The first-order valence-corrected chi connectivity index (χ1v) is 5.97. The second kappa shape index (κ2) is 5.01. The van der Waals surface area contributed by atoms with E-state index >= 15 is 0 Å². The van der Waals surface area contributed by atoms with Gasteiger partial charge in [0, 0.05) is 7.05 Å². The van der Waals surface area contributed by atoms with Crippen LogP contribution in [0.1, 0.15) is 28.5 Å². The third kappa shape index (κ3) is 2.33. The molecule has 0 saturated heterocycles. The first kappa shape index (κ1) is 13.5. The van der Waals surface area contributed by atoms with Gasteiger partial charge in [-0.05, 0) is 31.0 Å². The maximum atomic E-state index is 13.3. The van der Waals surface area contributed by atoms with E-state index < -0.39 is 6.10 Å². The highest BCUT2D eigenvalue weighted by Crippen LogP contribution is 2.32. The van der Waals surface area contributed by atoms with E-state index in [0.29, 0.717) is 28.3 Å². The summed E-state index contributed by atoms with van der Waals surface area (Å²) in [5.41, 5.74) is 2.41. The fraction of sp³-hybridized carbons (Fsp3) is 0.357. The second-order valence-corrected chi connectivity index (χ2v) is 4.54. The lowest BCUT2D eigenvalue weighted by molar-refractivity contribution is 0.212. The van der Waals surface area contributed by atoms with Crippen molar-refractivity contribution in [2.75, 3.05) is 7.11 Å². The first-order chi connectivity index (χ1) is 8.95. The van der Waals surface area contributed by atoms with E-state index in [4.69, 9.17) is 4.74 Å². The Morgan fingerprint density at radius 1 is 1.37 bits per heavy atom. The Labute approximate surface area is 111 Å². The number of aromatic nitrogens is 2. The predicted molar refractivity (Wildman–Crippen MR) is 69.7 cm³/mol. The van der Waals surface area contributed by atoms with Crippen LogP contribution in [0.4, 0.5) is 4.39 Å². The van der Waals surface area contributed by atoms with Gasteiger partial charge in [-0.3, -0.25) is 0 Å². The van der Waals surface area contributed by atoms with Crippen molar-refractivity contribution in [2.24, 2.45) is 7.05 Å². The van der Waals surface area contributed by atoms with Gasteiger partial charge in [-0.15, -0.1) is 0 Å². The van der Waals surface area contributed by atoms with Crippen LogP contribution in [0.3, 0.4) is 0 Å². The second-order valence-electron chi connectivity index (χ2n) is 4.54. The third-order valence-electron chi connectivity index (χ3n) is 3.18. The normalized spacial score (nSPS) is 12.5. The molecule has 1 unspecified atom stereocenters. The number of nitrogens with zero attached hydrogens (tertiary/aromatic N) is 2. The minimum atomic E-state index is -0.886. The molecule has 5 heteroatoms. The monoisotopic (exact) mass is 264 g/mol. The zero-order valence-corrected chi connectivity index (χ0v) is 11.4. The highest BCUT2D eigenvalue weighted by molar-refractivity contribution is 5.40. The van der Waals surface area contributed by atoms with Crippen molar-refractivity contribution in [1.29, 1.82) is 0 Å². The summed E-state index contributed by atoms with van der Waals surface area (Å²) in [6, 6.07) is 4.55. The van der Waals surface area contributed by atoms with Gasteiger partial charge >= 0.3 is 0 Å². The van der Waals surface area contributed by atoms with Crippen LogP contribution in [-0.4, -0.2) is 22.0 Å². The minimum absolute atomic E-state index is 0.286. The fourth-order valence-electron chi connectivity index (χ4n) is 2.21. The number of benzene rings is 1. The summed E-state index contributed by atoms with van der Waals surface area (Å²) in [7, 11) is 3.28. The van der Waals surface area contributed by atoms with Gasteiger partial charge in [0.25, 0.3) is 0 Å². The average Bonchev–Trinajstić information content (AvgIpc) is 2.66. The molecule has 1 aromatic carbocycles. The summed E-state index contributed by atoms with van der Waals surface area (Å²) in [4.78, 5) is 0. The largest absolute Gasteiger partial charge is 0.481 e. The Morgan fingerprint density at radius 3 is 2.63 bits per heavy atom. The van der Waals surface area contributed by atoms with Crippen LogP contribution in [0.5, 0.6) is 5.88 Å². The maximum Gasteiger partial charge on any atom is 0.217 e. The number of aliphatic hydroxyl groups excluding tert-OH is 1. The lowest BCUT2D eigenvalue weighted by Crippen LogP contribution is -2.04. The van der Waals surface area contributed by atoms with E-state index in [9.17, 15) is 9.50 Å².